The normalized spacial score (nSPS) is 11.3. The molecule has 0 bridgehead atoms. The zero-order chi connectivity index (χ0) is 20.5. The van der Waals surface area contributed by atoms with Gasteiger partial charge in [0, 0.05) is 11.4 Å². The predicted molar refractivity (Wildman–Crippen MR) is 94.1 cm³/mol. The Morgan fingerprint density at radius 1 is 0.786 bits per heavy atom. The van der Waals surface area contributed by atoms with Crippen LogP contribution in [0, 0.1) is 5.82 Å². The molecule has 144 valence electrons. The highest BCUT2D eigenvalue weighted by Crippen LogP contribution is 2.36. The van der Waals surface area contributed by atoms with Gasteiger partial charge in [0.05, 0.1) is 11.1 Å². The highest BCUT2D eigenvalue weighted by Gasteiger charge is 2.37. The summed E-state index contributed by atoms with van der Waals surface area (Å²) in [5.41, 5.74) is -1.80. The van der Waals surface area contributed by atoms with Gasteiger partial charge in [-0.05, 0) is 66.7 Å². The lowest BCUT2D eigenvalue weighted by Gasteiger charge is -2.25. The summed E-state index contributed by atoms with van der Waals surface area (Å²) in [6, 6.07) is 12.3. The summed E-state index contributed by atoms with van der Waals surface area (Å²) >= 11 is 0. The topological polar surface area (TPSA) is 60.8 Å². The fourth-order valence-corrected chi connectivity index (χ4v) is 2.64. The molecule has 0 spiro atoms. The van der Waals surface area contributed by atoms with Crippen LogP contribution < -0.4 is 4.90 Å². The van der Waals surface area contributed by atoms with Gasteiger partial charge in [-0.15, -0.1) is 0 Å². The summed E-state index contributed by atoms with van der Waals surface area (Å²) in [5, 5.41) is 18.9. The van der Waals surface area contributed by atoms with Crippen molar-refractivity contribution in [3.05, 3.63) is 83.7 Å². The monoisotopic (exact) mass is 391 g/mol. The van der Waals surface area contributed by atoms with Gasteiger partial charge in [0.25, 0.3) is 5.91 Å². The number of hydrogen-bond donors (Lipinski definition) is 2. The molecule has 2 N–H and O–H groups in total. The highest BCUT2D eigenvalue weighted by molar-refractivity contribution is 6.11. The minimum atomic E-state index is -4.94. The van der Waals surface area contributed by atoms with Crippen LogP contribution in [0.2, 0.25) is 0 Å². The Morgan fingerprint density at radius 3 is 1.68 bits per heavy atom. The Labute approximate surface area is 156 Å². The van der Waals surface area contributed by atoms with Gasteiger partial charge in [0.2, 0.25) is 0 Å². The molecule has 28 heavy (non-hydrogen) atoms. The number of amides is 1. The lowest BCUT2D eigenvalue weighted by molar-refractivity contribution is -0.138. The maximum Gasteiger partial charge on any atom is 0.417 e. The first-order chi connectivity index (χ1) is 13.2. The summed E-state index contributed by atoms with van der Waals surface area (Å²) in [4.78, 5) is 14.0. The molecule has 3 aromatic carbocycles. The standard InChI is InChI=1S/C20H13F4NO3/c21-12-1-10-17(18(11-12)20(22,23)24)19(28)25(13-2-6-15(26)7-3-13)14-4-8-16(27)9-5-14/h1-11,26-27H. The smallest absolute Gasteiger partial charge is 0.417 e. The van der Waals surface area contributed by atoms with Crippen molar-refractivity contribution in [2.45, 2.75) is 6.18 Å². The van der Waals surface area contributed by atoms with Gasteiger partial charge in [0.15, 0.2) is 0 Å². The Balaban J connectivity index is 2.17. The number of hydrogen-bond acceptors (Lipinski definition) is 3. The van der Waals surface area contributed by atoms with Crippen molar-refractivity contribution >= 4 is 17.3 Å². The molecular weight excluding hydrogens is 378 g/mol. The number of phenolic OH excluding ortho intramolecular Hbond substituents is 2. The molecule has 0 unspecified atom stereocenters. The Kier molecular flexibility index (Phi) is 4.96. The number of carbonyl (C=O) groups excluding carboxylic acids is 1. The van der Waals surface area contributed by atoms with Crippen molar-refractivity contribution in [3.63, 3.8) is 0 Å². The summed E-state index contributed by atoms with van der Waals surface area (Å²) in [7, 11) is 0. The van der Waals surface area contributed by atoms with Crippen LogP contribution in [0.15, 0.2) is 66.7 Å². The van der Waals surface area contributed by atoms with Crippen LogP contribution in [-0.4, -0.2) is 16.1 Å². The average molecular weight is 391 g/mol. The van der Waals surface area contributed by atoms with Crippen molar-refractivity contribution in [1.82, 2.24) is 0 Å². The zero-order valence-corrected chi connectivity index (χ0v) is 14.1. The lowest BCUT2D eigenvalue weighted by Crippen LogP contribution is -2.28. The second-order valence-electron chi connectivity index (χ2n) is 5.86. The largest absolute Gasteiger partial charge is 0.508 e. The van der Waals surface area contributed by atoms with E-state index in [4.69, 9.17) is 0 Å². The molecule has 3 rings (SSSR count). The molecule has 0 aliphatic rings. The molecule has 0 aliphatic carbocycles. The number of anilines is 2. The van der Waals surface area contributed by atoms with E-state index in [1.165, 1.54) is 48.5 Å². The summed E-state index contributed by atoms with van der Waals surface area (Å²) in [6.07, 6.45) is -4.94. The number of carbonyl (C=O) groups is 1. The molecule has 0 heterocycles. The first kappa shape index (κ1) is 19.2. The molecule has 0 saturated carbocycles. The van der Waals surface area contributed by atoms with Crippen molar-refractivity contribution in [2.24, 2.45) is 0 Å². The average Bonchev–Trinajstić information content (AvgIpc) is 2.64. The minimum absolute atomic E-state index is 0.0976. The van der Waals surface area contributed by atoms with E-state index in [1.807, 2.05) is 0 Å². The SMILES string of the molecule is O=C(c1ccc(F)cc1C(F)(F)F)N(c1ccc(O)cc1)c1ccc(O)cc1. The second-order valence-corrected chi connectivity index (χ2v) is 5.86. The summed E-state index contributed by atoms with van der Waals surface area (Å²) in [5.74, 6) is -2.37. The van der Waals surface area contributed by atoms with Crippen LogP contribution in [0.3, 0.4) is 0 Å². The molecule has 3 aromatic rings. The number of halogens is 4. The van der Waals surface area contributed by atoms with Gasteiger partial charge >= 0.3 is 6.18 Å². The van der Waals surface area contributed by atoms with Crippen LogP contribution in [0.25, 0.3) is 0 Å². The van der Waals surface area contributed by atoms with Crippen molar-refractivity contribution in [1.29, 1.82) is 0 Å². The van der Waals surface area contributed by atoms with Gasteiger partial charge in [0.1, 0.15) is 17.3 Å². The van der Waals surface area contributed by atoms with E-state index < -0.39 is 29.0 Å². The fourth-order valence-electron chi connectivity index (χ4n) is 2.64. The van der Waals surface area contributed by atoms with Crippen molar-refractivity contribution in [3.8, 4) is 11.5 Å². The third-order valence-electron chi connectivity index (χ3n) is 3.94. The Bertz CT molecular complexity index is 954. The molecule has 0 aromatic heterocycles. The molecule has 0 aliphatic heterocycles. The molecular formula is C20H13F4NO3. The van der Waals surface area contributed by atoms with Crippen LogP contribution in [0.5, 0.6) is 11.5 Å². The van der Waals surface area contributed by atoms with Crippen LogP contribution >= 0.6 is 0 Å². The van der Waals surface area contributed by atoms with Crippen LogP contribution in [0.4, 0.5) is 28.9 Å². The summed E-state index contributed by atoms with van der Waals surface area (Å²) < 4.78 is 53.5. The number of rotatable bonds is 3. The maximum absolute atomic E-state index is 13.4. The third-order valence-corrected chi connectivity index (χ3v) is 3.94. The van der Waals surface area contributed by atoms with Gasteiger partial charge < -0.3 is 10.2 Å². The predicted octanol–water partition coefficient (Wildman–Crippen LogP) is 5.23. The first-order valence-electron chi connectivity index (χ1n) is 7.96. The third kappa shape index (κ3) is 3.90. The van der Waals surface area contributed by atoms with E-state index in [0.717, 1.165) is 17.0 Å². The number of phenols is 2. The van der Waals surface area contributed by atoms with Gasteiger partial charge in [-0.3, -0.25) is 9.69 Å². The van der Waals surface area contributed by atoms with Crippen molar-refractivity contribution in [2.75, 3.05) is 4.90 Å². The summed E-state index contributed by atoms with van der Waals surface area (Å²) in [6.45, 7) is 0. The molecule has 8 heteroatoms. The molecule has 4 nitrogen and oxygen atoms in total. The molecule has 0 fully saturated rings. The Morgan fingerprint density at radius 2 is 1.25 bits per heavy atom. The van der Waals surface area contributed by atoms with E-state index in [9.17, 15) is 32.6 Å². The van der Waals surface area contributed by atoms with Crippen LogP contribution in [-0.2, 0) is 6.18 Å². The van der Waals surface area contributed by atoms with Crippen molar-refractivity contribution < 1.29 is 32.6 Å². The van der Waals surface area contributed by atoms with Gasteiger partial charge in [-0.2, -0.15) is 13.2 Å². The maximum atomic E-state index is 13.4. The number of benzene rings is 3. The van der Waals surface area contributed by atoms with E-state index >= 15 is 0 Å². The lowest BCUT2D eigenvalue weighted by atomic mass is 10.0. The van der Waals surface area contributed by atoms with E-state index in [2.05, 4.69) is 0 Å². The van der Waals surface area contributed by atoms with E-state index in [1.54, 1.807) is 0 Å². The minimum Gasteiger partial charge on any atom is -0.508 e. The van der Waals surface area contributed by atoms with Gasteiger partial charge in [-0.1, -0.05) is 0 Å². The molecule has 1 amide bonds. The quantitative estimate of drug-likeness (QED) is 0.601. The first-order valence-corrected chi connectivity index (χ1v) is 7.96. The second kappa shape index (κ2) is 7.22. The molecule has 0 atom stereocenters. The highest BCUT2D eigenvalue weighted by atomic mass is 19.4. The van der Waals surface area contributed by atoms with Crippen LogP contribution in [0.1, 0.15) is 15.9 Å². The number of nitrogens with zero attached hydrogens (tertiary/aromatic N) is 1. The molecule has 0 radical (unpaired) electrons. The molecule has 0 saturated heterocycles. The van der Waals surface area contributed by atoms with Gasteiger partial charge in [-0.25, -0.2) is 4.39 Å². The fraction of sp³-hybridized carbons (Fsp3) is 0.0500. The number of alkyl halides is 3. The Hall–Kier alpha value is -3.55. The number of aromatic hydroxyl groups is 2. The zero-order valence-electron chi connectivity index (χ0n) is 14.1. The van der Waals surface area contributed by atoms with E-state index in [-0.39, 0.29) is 28.9 Å². The van der Waals surface area contributed by atoms with E-state index in [0.29, 0.717) is 0 Å².